The standard InChI is InChI=1S/C22H29N5O5S/c1-4-7-19-24-14(3)20-22(28)25-21(26-27(19)20)17-12-16(9-10-18(17)31-5-2)33(29,30)23-13-15-8-6-11-32-15/h9-10,12,15,23H,4-8,11,13H2,1-3H3,(H,25,26,28). The number of imidazole rings is 1. The number of aromatic amines is 1. The highest BCUT2D eigenvalue weighted by Gasteiger charge is 2.23. The van der Waals surface area contributed by atoms with E-state index in [2.05, 4.69) is 19.8 Å². The van der Waals surface area contributed by atoms with Crippen LogP contribution in [-0.4, -0.2) is 53.9 Å². The van der Waals surface area contributed by atoms with Crippen molar-refractivity contribution in [3.8, 4) is 17.1 Å². The van der Waals surface area contributed by atoms with E-state index >= 15 is 0 Å². The highest BCUT2D eigenvalue weighted by atomic mass is 32.2. The third kappa shape index (κ3) is 4.80. The van der Waals surface area contributed by atoms with E-state index in [1.807, 2.05) is 13.8 Å². The van der Waals surface area contributed by atoms with Gasteiger partial charge in [-0.3, -0.25) is 4.79 Å². The summed E-state index contributed by atoms with van der Waals surface area (Å²) in [4.78, 5) is 20.2. The summed E-state index contributed by atoms with van der Waals surface area (Å²) in [6, 6.07) is 4.53. The van der Waals surface area contributed by atoms with Gasteiger partial charge in [0.1, 0.15) is 11.6 Å². The fourth-order valence-corrected chi connectivity index (χ4v) is 5.07. The minimum atomic E-state index is -3.80. The molecule has 0 spiro atoms. The van der Waals surface area contributed by atoms with Gasteiger partial charge in [0.05, 0.1) is 28.9 Å². The first kappa shape index (κ1) is 23.4. The number of aryl methyl sites for hydroxylation is 2. The Morgan fingerprint density at radius 2 is 2.15 bits per heavy atom. The Labute approximate surface area is 192 Å². The van der Waals surface area contributed by atoms with Gasteiger partial charge in [0.25, 0.3) is 5.56 Å². The zero-order valence-electron chi connectivity index (χ0n) is 19.1. The number of sulfonamides is 1. The Kier molecular flexibility index (Phi) is 6.82. The summed E-state index contributed by atoms with van der Waals surface area (Å²) in [7, 11) is -3.80. The van der Waals surface area contributed by atoms with Crippen LogP contribution >= 0.6 is 0 Å². The van der Waals surface area contributed by atoms with Crippen LogP contribution in [-0.2, 0) is 21.2 Å². The second-order valence-corrected chi connectivity index (χ2v) is 9.77. The molecule has 33 heavy (non-hydrogen) atoms. The lowest BCUT2D eigenvalue weighted by Gasteiger charge is -2.14. The molecular formula is C22H29N5O5S. The number of H-pyrrole nitrogens is 1. The minimum Gasteiger partial charge on any atom is -0.493 e. The molecule has 2 N–H and O–H groups in total. The molecule has 1 fully saturated rings. The molecule has 178 valence electrons. The van der Waals surface area contributed by atoms with E-state index in [0.717, 1.165) is 19.3 Å². The number of nitrogens with zero attached hydrogens (tertiary/aromatic N) is 3. The Morgan fingerprint density at radius 1 is 1.33 bits per heavy atom. The molecule has 1 aliphatic rings. The fourth-order valence-electron chi connectivity index (χ4n) is 3.98. The van der Waals surface area contributed by atoms with Crippen molar-refractivity contribution in [3.05, 3.63) is 40.1 Å². The molecule has 0 bridgehead atoms. The summed E-state index contributed by atoms with van der Waals surface area (Å²) in [5.41, 5.74) is 1.00. The van der Waals surface area contributed by atoms with Crippen molar-refractivity contribution in [2.24, 2.45) is 0 Å². The molecule has 10 nitrogen and oxygen atoms in total. The second-order valence-electron chi connectivity index (χ2n) is 8.00. The maximum Gasteiger partial charge on any atom is 0.277 e. The van der Waals surface area contributed by atoms with Crippen LogP contribution in [0.25, 0.3) is 16.9 Å². The Morgan fingerprint density at radius 3 is 2.85 bits per heavy atom. The molecule has 0 aliphatic carbocycles. The van der Waals surface area contributed by atoms with Gasteiger partial charge in [0.2, 0.25) is 10.0 Å². The molecule has 1 unspecified atom stereocenters. The van der Waals surface area contributed by atoms with Gasteiger partial charge in [-0.05, 0) is 51.3 Å². The summed E-state index contributed by atoms with van der Waals surface area (Å²) >= 11 is 0. The van der Waals surface area contributed by atoms with Crippen LogP contribution in [0, 0.1) is 6.92 Å². The van der Waals surface area contributed by atoms with Crippen molar-refractivity contribution in [1.82, 2.24) is 24.3 Å². The lowest BCUT2D eigenvalue weighted by molar-refractivity contribution is 0.114. The number of fused-ring (bicyclic) bond motifs is 1. The molecule has 0 amide bonds. The SMILES string of the molecule is CCCc1nc(C)c2c(=O)[nH]c(-c3cc(S(=O)(=O)NCC4CCCO4)ccc3OCC)nn12. The lowest BCUT2D eigenvalue weighted by Crippen LogP contribution is -2.31. The number of aromatic nitrogens is 4. The quantitative estimate of drug-likeness (QED) is 0.486. The first-order chi connectivity index (χ1) is 15.8. The van der Waals surface area contributed by atoms with Crippen LogP contribution < -0.4 is 15.0 Å². The van der Waals surface area contributed by atoms with Gasteiger partial charge in [0, 0.05) is 19.6 Å². The summed E-state index contributed by atoms with van der Waals surface area (Å²) in [5.74, 6) is 1.31. The maximum atomic E-state index is 12.9. The van der Waals surface area contributed by atoms with Crippen molar-refractivity contribution in [3.63, 3.8) is 0 Å². The van der Waals surface area contributed by atoms with E-state index in [-0.39, 0.29) is 28.9 Å². The summed E-state index contributed by atoms with van der Waals surface area (Å²) in [6.07, 6.45) is 3.13. The molecule has 1 aromatic carbocycles. The van der Waals surface area contributed by atoms with Crippen LogP contribution in [0.3, 0.4) is 0 Å². The molecule has 0 saturated carbocycles. The highest BCUT2D eigenvalue weighted by Crippen LogP contribution is 2.30. The molecule has 1 aliphatic heterocycles. The van der Waals surface area contributed by atoms with Crippen LogP contribution in [0.4, 0.5) is 0 Å². The summed E-state index contributed by atoms with van der Waals surface area (Å²) in [5, 5.41) is 4.60. The molecule has 2 aromatic heterocycles. The third-order valence-corrected chi connectivity index (χ3v) is 6.98. The van der Waals surface area contributed by atoms with E-state index in [4.69, 9.17) is 9.47 Å². The highest BCUT2D eigenvalue weighted by molar-refractivity contribution is 7.89. The topological polar surface area (TPSA) is 128 Å². The molecule has 0 radical (unpaired) electrons. The molecule has 3 heterocycles. The van der Waals surface area contributed by atoms with E-state index < -0.39 is 10.0 Å². The van der Waals surface area contributed by atoms with E-state index in [9.17, 15) is 13.2 Å². The zero-order chi connectivity index (χ0) is 23.6. The van der Waals surface area contributed by atoms with Crippen molar-refractivity contribution in [2.45, 2.75) is 57.5 Å². The number of hydrogen-bond donors (Lipinski definition) is 2. The summed E-state index contributed by atoms with van der Waals surface area (Å²) in [6.45, 7) is 6.85. The van der Waals surface area contributed by atoms with Crippen molar-refractivity contribution >= 4 is 15.5 Å². The van der Waals surface area contributed by atoms with Crippen LogP contribution in [0.15, 0.2) is 27.9 Å². The van der Waals surface area contributed by atoms with E-state index in [0.29, 0.717) is 48.0 Å². The van der Waals surface area contributed by atoms with E-state index in [1.54, 1.807) is 17.5 Å². The number of rotatable bonds is 9. The Hall–Kier alpha value is -2.76. The van der Waals surface area contributed by atoms with Gasteiger partial charge in [-0.15, -0.1) is 5.10 Å². The monoisotopic (exact) mass is 475 g/mol. The van der Waals surface area contributed by atoms with Gasteiger partial charge >= 0.3 is 0 Å². The molecular weight excluding hydrogens is 446 g/mol. The van der Waals surface area contributed by atoms with Crippen LogP contribution in [0.5, 0.6) is 5.75 Å². The van der Waals surface area contributed by atoms with Crippen molar-refractivity contribution < 1.29 is 17.9 Å². The molecule has 11 heteroatoms. The van der Waals surface area contributed by atoms with Gasteiger partial charge in [-0.1, -0.05) is 6.92 Å². The summed E-state index contributed by atoms with van der Waals surface area (Å²) < 4.78 is 41.3. The third-order valence-electron chi connectivity index (χ3n) is 5.56. The van der Waals surface area contributed by atoms with Crippen molar-refractivity contribution in [1.29, 1.82) is 0 Å². The Balaban J connectivity index is 1.78. The largest absolute Gasteiger partial charge is 0.493 e. The van der Waals surface area contributed by atoms with Gasteiger partial charge in [0.15, 0.2) is 11.3 Å². The lowest BCUT2D eigenvalue weighted by atomic mass is 10.2. The molecule has 3 aromatic rings. The fraction of sp³-hybridized carbons (Fsp3) is 0.500. The first-order valence-corrected chi connectivity index (χ1v) is 12.7. The number of nitrogens with one attached hydrogen (secondary N) is 2. The second kappa shape index (κ2) is 9.62. The smallest absolute Gasteiger partial charge is 0.277 e. The predicted octanol–water partition coefficient (Wildman–Crippen LogP) is 2.20. The van der Waals surface area contributed by atoms with Crippen molar-refractivity contribution in [2.75, 3.05) is 19.8 Å². The number of hydrogen-bond acceptors (Lipinski definition) is 7. The van der Waals surface area contributed by atoms with Gasteiger partial charge in [-0.25, -0.2) is 22.6 Å². The van der Waals surface area contributed by atoms with E-state index in [1.165, 1.54) is 12.1 Å². The number of ether oxygens (including phenoxy) is 2. The normalized spacial score (nSPS) is 16.5. The molecule has 4 rings (SSSR count). The minimum absolute atomic E-state index is 0.0530. The van der Waals surface area contributed by atoms with Gasteiger partial charge < -0.3 is 14.5 Å². The zero-order valence-corrected chi connectivity index (χ0v) is 19.9. The maximum absolute atomic E-state index is 12.9. The van der Waals surface area contributed by atoms with Crippen LogP contribution in [0.1, 0.15) is 44.6 Å². The van der Waals surface area contributed by atoms with Crippen LogP contribution in [0.2, 0.25) is 0 Å². The Bertz CT molecular complexity index is 1310. The first-order valence-electron chi connectivity index (χ1n) is 11.2. The molecule has 1 atom stereocenters. The van der Waals surface area contributed by atoms with Gasteiger partial charge in [-0.2, -0.15) is 0 Å². The number of benzene rings is 1. The molecule has 1 saturated heterocycles. The average molecular weight is 476 g/mol. The average Bonchev–Trinajstić information content (AvgIpc) is 3.41. The predicted molar refractivity (Wildman–Crippen MR) is 123 cm³/mol.